The van der Waals surface area contributed by atoms with Gasteiger partial charge in [-0.3, -0.25) is 0 Å². The monoisotopic (exact) mass is 450 g/mol. The normalized spacial score (nSPS) is 13.2. The molecular formula is C16H38Br2P2. The SMILES string of the molecule is Br.Br.CCCCP(CCC)CCP(CCC)CCCC. The number of unbranched alkanes of at least 4 members (excludes halogenated alkanes) is 2. The van der Waals surface area contributed by atoms with E-state index in [4.69, 9.17) is 0 Å². The molecule has 4 heteroatoms. The van der Waals surface area contributed by atoms with Gasteiger partial charge in [-0.25, -0.2) is 0 Å². The van der Waals surface area contributed by atoms with Gasteiger partial charge in [0.2, 0.25) is 0 Å². The molecular weight excluding hydrogens is 414 g/mol. The minimum absolute atomic E-state index is 0. The van der Waals surface area contributed by atoms with Crippen molar-refractivity contribution in [3.05, 3.63) is 0 Å². The molecule has 0 N–H and O–H groups in total. The molecule has 0 aromatic rings. The van der Waals surface area contributed by atoms with Gasteiger partial charge in [0.15, 0.2) is 0 Å². The average Bonchev–Trinajstić information content (AvgIpc) is 2.38. The molecule has 2 unspecified atom stereocenters. The molecule has 0 saturated heterocycles. The van der Waals surface area contributed by atoms with Gasteiger partial charge < -0.3 is 0 Å². The summed E-state index contributed by atoms with van der Waals surface area (Å²) in [7, 11) is 0.783. The summed E-state index contributed by atoms with van der Waals surface area (Å²) in [5.41, 5.74) is 0. The van der Waals surface area contributed by atoms with E-state index in [0.29, 0.717) is 15.8 Å². The molecule has 0 amide bonds. The highest BCUT2D eigenvalue weighted by atomic mass is 79.9. The second kappa shape index (κ2) is 20.8. The lowest BCUT2D eigenvalue weighted by atomic mass is 10.4. The molecule has 0 aromatic heterocycles. The molecule has 0 aliphatic rings. The minimum atomic E-state index is 0. The molecule has 0 radical (unpaired) electrons. The van der Waals surface area contributed by atoms with Gasteiger partial charge in [-0.15, -0.1) is 49.8 Å². The molecule has 0 bridgehead atoms. The van der Waals surface area contributed by atoms with Crippen LogP contribution < -0.4 is 0 Å². The van der Waals surface area contributed by atoms with Gasteiger partial charge in [-0.05, 0) is 49.8 Å². The molecule has 0 rings (SSSR count). The van der Waals surface area contributed by atoms with Crippen LogP contribution in [0.25, 0.3) is 0 Å². The first-order chi connectivity index (χ1) is 8.78. The van der Waals surface area contributed by atoms with E-state index in [-0.39, 0.29) is 34.0 Å². The quantitative estimate of drug-likeness (QED) is 0.254. The van der Waals surface area contributed by atoms with E-state index in [2.05, 4.69) is 27.7 Å². The molecule has 0 aromatic carbocycles. The number of halogens is 2. The van der Waals surface area contributed by atoms with Crippen LogP contribution in [-0.2, 0) is 0 Å². The summed E-state index contributed by atoms with van der Waals surface area (Å²) in [6.07, 6.45) is 18.0. The summed E-state index contributed by atoms with van der Waals surface area (Å²) in [4.78, 5) is 0. The first-order valence-electron chi connectivity index (χ1n) is 8.23. The molecule has 0 heterocycles. The van der Waals surface area contributed by atoms with Crippen LogP contribution in [0.5, 0.6) is 0 Å². The zero-order valence-electron chi connectivity index (χ0n) is 14.2. The Morgan fingerprint density at radius 1 is 0.450 bits per heavy atom. The molecule has 126 valence electrons. The minimum Gasteiger partial charge on any atom is -0.114 e. The Labute approximate surface area is 152 Å². The van der Waals surface area contributed by atoms with Gasteiger partial charge >= 0.3 is 0 Å². The molecule has 20 heavy (non-hydrogen) atoms. The Balaban J connectivity index is -0.00000144. The molecule has 0 spiro atoms. The standard InChI is InChI=1S/C16H36P2.2BrH/c1-5-9-13-17(11-7-3)15-16-18(12-8-4)14-10-6-2;;/h5-16H2,1-4H3;2*1H. The fourth-order valence-electron chi connectivity index (χ4n) is 2.35. The summed E-state index contributed by atoms with van der Waals surface area (Å²) < 4.78 is 0. The maximum absolute atomic E-state index is 2.37. The van der Waals surface area contributed by atoms with Crippen LogP contribution >= 0.6 is 49.8 Å². The van der Waals surface area contributed by atoms with E-state index in [9.17, 15) is 0 Å². The summed E-state index contributed by atoms with van der Waals surface area (Å²) in [6, 6.07) is 0. The molecule has 2 atom stereocenters. The molecule has 0 aliphatic carbocycles. The highest BCUT2D eigenvalue weighted by Gasteiger charge is 2.11. The summed E-state index contributed by atoms with van der Waals surface area (Å²) >= 11 is 0. The van der Waals surface area contributed by atoms with E-state index < -0.39 is 0 Å². The highest BCUT2D eigenvalue weighted by Crippen LogP contribution is 2.44. The van der Waals surface area contributed by atoms with E-state index in [1.54, 1.807) is 37.0 Å². The Bertz CT molecular complexity index is 151. The molecule has 0 fully saturated rings. The molecule has 0 saturated carbocycles. The van der Waals surface area contributed by atoms with Crippen molar-refractivity contribution in [2.75, 3.05) is 37.0 Å². The van der Waals surface area contributed by atoms with Crippen LogP contribution in [-0.4, -0.2) is 37.0 Å². The zero-order chi connectivity index (χ0) is 13.6. The van der Waals surface area contributed by atoms with Gasteiger partial charge in [0.25, 0.3) is 0 Å². The Hall–Kier alpha value is 1.82. The van der Waals surface area contributed by atoms with Gasteiger partial charge in [0.05, 0.1) is 0 Å². The predicted octanol–water partition coefficient (Wildman–Crippen LogP) is 7.53. The summed E-state index contributed by atoms with van der Waals surface area (Å²) in [5, 5.41) is 0. The lowest BCUT2D eigenvalue weighted by molar-refractivity contribution is 0.883. The van der Waals surface area contributed by atoms with Crippen LogP contribution in [0.1, 0.15) is 66.2 Å². The Morgan fingerprint density at radius 2 is 0.800 bits per heavy atom. The van der Waals surface area contributed by atoms with Gasteiger partial charge in [0.1, 0.15) is 0 Å². The smallest absolute Gasteiger partial charge is 0.0286 e. The zero-order valence-corrected chi connectivity index (χ0v) is 19.4. The van der Waals surface area contributed by atoms with Crippen molar-refractivity contribution in [3.8, 4) is 0 Å². The van der Waals surface area contributed by atoms with Crippen molar-refractivity contribution in [2.45, 2.75) is 66.2 Å². The van der Waals surface area contributed by atoms with Gasteiger partial charge in [0, 0.05) is 0 Å². The van der Waals surface area contributed by atoms with Gasteiger partial charge in [-0.1, -0.05) is 53.4 Å². The lowest BCUT2D eigenvalue weighted by Gasteiger charge is -2.22. The Kier molecular flexibility index (Phi) is 27.8. The fraction of sp³-hybridized carbons (Fsp3) is 1.00. The van der Waals surface area contributed by atoms with E-state index in [1.807, 2.05) is 0 Å². The van der Waals surface area contributed by atoms with Crippen molar-refractivity contribution >= 4 is 49.8 Å². The predicted molar refractivity (Wildman–Crippen MR) is 114 cm³/mol. The van der Waals surface area contributed by atoms with E-state index >= 15 is 0 Å². The third-order valence-corrected chi connectivity index (χ3v) is 9.59. The highest BCUT2D eigenvalue weighted by molar-refractivity contribution is 8.93. The van der Waals surface area contributed by atoms with Crippen molar-refractivity contribution in [1.82, 2.24) is 0 Å². The summed E-state index contributed by atoms with van der Waals surface area (Å²) in [5.74, 6) is 0. The molecule has 0 nitrogen and oxygen atoms in total. The van der Waals surface area contributed by atoms with Crippen molar-refractivity contribution in [1.29, 1.82) is 0 Å². The third kappa shape index (κ3) is 16.2. The van der Waals surface area contributed by atoms with Crippen molar-refractivity contribution < 1.29 is 0 Å². The fourth-order valence-corrected chi connectivity index (χ4v) is 8.75. The number of hydrogen-bond donors (Lipinski definition) is 0. The third-order valence-electron chi connectivity index (χ3n) is 3.47. The van der Waals surface area contributed by atoms with E-state index in [0.717, 1.165) is 0 Å². The summed E-state index contributed by atoms with van der Waals surface area (Å²) in [6.45, 7) is 9.41. The maximum Gasteiger partial charge on any atom is -0.0286 e. The Morgan fingerprint density at radius 3 is 1.05 bits per heavy atom. The van der Waals surface area contributed by atoms with Crippen LogP contribution in [0, 0.1) is 0 Å². The molecule has 0 aliphatic heterocycles. The second-order valence-corrected chi connectivity index (χ2v) is 10.8. The van der Waals surface area contributed by atoms with Crippen LogP contribution in [0.15, 0.2) is 0 Å². The van der Waals surface area contributed by atoms with Crippen molar-refractivity contribution in [3.63, 3.8) is 0 Å². The number of hydrogen-bond acceptors (Lipinski definition) is 0. The topological polar surface area (TPSA) is 0 Å². The van der Waals surface area contributed by atoms with Crippen LogP contribution in [0.3, 0.4) is 0 Å². The first-order valence-corrected chi connectivity index (χ1v) is 12.0. The number of rotatable bonds is 13. The van der Waals surface area contributed by atoms with E-state index in [1.165, 1.54) is 38.5 Å². The van der Waals surface area contributed by atoms with Crippen LogP contribution in [0.2, 0.25) is 0 Å². The average molecular weight is 452 g/mol. The second-order valence-electron chi connectivity index (χ2n) is 5.39. The van der Waals surface area contributed by atoms with Crippen molar-refractivity contribution in [2.24, 2.45) is 0 Å². The van der Waals surface area contributed by atoms with Gasteiger partial charge in [-0.2, -0.15) is 0 Å². The van der Waals surface area contributed by atoms with Crippen LogP contribution in [0.4, 0.5) is 0 Å². The largest absolute Gasteiger partial charge is 0.114 e. The first kappa shape index (κ1) is 26.7. The maximum atomic E-state index is 2.37. The lowest BCUT2D eigenvalue weighted by Crippen LogP contribution is -2.02.